The number of pyridine rings is 1. The van der Waals surface area contributed by atoms with Crippen LogP contribution in [0.4, 0.5) is 4.39 Å². The van der Waals surface area contributed by atoms with Gasteiger partial charge in [0.15, 0.2) is 5.65 Å². The summed E-state index contributed by atoms with van der Waals surface area (Å²) in [6, 6.07) is 11.0. The normalized spacial score (nSPS) is 10.9. The summed E-state index contributed by atoms with van der Waals surface area (Å²) in [4.78, 5) is 23.8. The van der Waals surface area contributed by atoms with Crippen molar-refractivity contribution in [2.24, 2.45) is 0 Å². The predicted molar refractivity (Wildman–Crippen MR) is 85.1 cm³/mol. The van der Waals surface area contributed by atoms with Gasteiger partial charge < -0.3 is 4.74 Å². The van der Waals surface area contributed by atoms with Crippen molar-refractivity contribution in [3.05, 3.63) is 70.5 Å². The third kappa shape index (κ3) is 3.68. The maximum atomic E-state index is 12.8. The molecule has 0 spiro atoms. The monoisotopic (exact) mass is 329 g/mol. The molecule has 2 aromatic heterocycles. The Bertz CT molecular complexity index is 899. The van der Waals surface area contributed by atoms with Crippen LogP contribution in [0, 0.1) is 5.82 Å². The van der Waals surface area contributed by atoms with Crippen LogP contribution in [-0.4, -0.2) is 26.8 Å². The van der Waals surface area contributed by atoms with E-state index >= 15 is 0 Å². The van der Waals surface area contributed by atoms with Crippen molar-refractivity contribution in [2.45, 2.75) is 19.4 Å². The molecule has 0 fully saturated rings. The first-order chi connectivity index (χ1) is 11.6. The predicted octanol–water partition coefficient (Wildman–Crippen LogP) is 1.81. The average molecular weight is 329 g/mol. The average Bonchev–Trinajstić information content (AvgIpc) is 2.90. The molecular formula is C17H16FN3O3. The van der Waals surface area contributed by atoms with E-state index in [2.05, 4.69) is 5.10 Å². The molecule has 3 aromatic rings. The molecule has 124 valence electrons. The van der Waals surface area contributed by atoms with E-state index in [1.165, 1.54) is 21.2 Å². The fraction of sp³-hybridized carbons (Fsp3) is 0.235. The first-order valence-corrected chi connectivity index (χ1v) is 7.58. The van der Waals surface area contributed by atoms with Gasteiger partial charge in [0.05, 0.1) is 13.0 Å². The van der Waals surface area contributed by atoms with Gasteiger partial charge in [0.25, 0.3) is 0 Å². The molecule has 2 heterocycles. The number of carbonyl (C=O) groups excluding carboxylic acids is 1. The van der Waals surface area contributed by atoms with Gasteiger partial charge in [-0.2, -0.15) is 0 Å². The molecule has 3 rings (SSSR count). The highest BCUT2D eigenvalue weighted by Gasteiger charge is 2.07. The number of carbonyl (C=O) groups is 1. The smallest absolute Gasteiger partial charge is 0.350 e. The van der Waals surface area contributed by atoms with Gasteiger partial charge in [-0.25, -0.2) is 13.9 Å². The Morgan fingerprint density at radius 2 is 1.96 bits per heavy atom. The zero-order chi connectivity index (χ0) is 16.9. The van der Waals surface area contributed by atoms with Crippen molar-refractivity contribution in [1.29, 1.82) is 0 Å². The fourth-order valence-corrected chi connectivity index (χ4v) is 2.33. The van der Waals surface area contributed by atoms with E-state index in [1.54, 1.807) is 30.5 Å². The first-order valence-electron chi connectivity index (χ1n) is 7.58. The number of benzene rings is 1. The van der Waals surface area contributed by atoms with Gasteiger partial charge in [-0.1, -0.05) is 18.2 Å². The second-order valence-electron chi connectivity index (χ2n) is 5.31. The standard InChI is InChI=1S/C17H16FN3O3/c18-14-7-5-13(6-8-14)12-16(22)24-11-3-10-21-17(23)20-9-2-1-4-15(20)19-21/h1-2,4-9H,3,10-12H2. The van der Waals surface area contributed by atoms with Crippen molar-refractivity contribution >= 4 is 11.6 Å². The number of nitrogens with zero attached hydrogens (tertiary/aromatic N) is 3. The second kappa shape index (κ2) is 7.08. The van der Waals surface area contributed by atoms with Gasteiger partial charge in [-0.05, 0) is 29.8 Å². The quantitative estimate of drug-likeness (QED) is 0.511. The molecule has 0 aliphatic heterocycles. The molecule has 0 unspecified atom stereocenters. The minimum absolute atomic E-state index is 0.0919. The van der Waals surface area contributed by atoms with E-state index in [0.717, 1.165) is 0 Å². The minimum atomic E-state index is -0.385. The molecule has 0 aliphatic rings. The molecule has 0 saturated heterocycles. The van der Waals surface area contributed by atoms with Crippen LogP contribution in [0.2, 0.25) is 0 Å². The number of aromatic nitrogens is 3. The third-order valence-electron chi connectivity index (χ3n) is 3.53. The van der Waals surface area contributed by atoms with Crippen LogP contribution in [-0.2, 0) is 22.5 Å². The fourth-order valence-electron chi connectivity index (χ4n) is 2.33. The van der Waals surface area contributed by atoms with E-state index in [4.69, 9.17) is 4.74 Å². The van der Waals surface area contributed by atoms with Gasteiger partial charge in [0.2, 0.25) is 0 Å². The number of rotatable bonds is 6. The van der Waals surface area contributed by atoms with Crippen LogP contribution in [0.3, 0.4) is 0 Å². The number of esters is 1. The van der Waals surface area contributed by atoms with Crippen molar-refractivity contribution in [2.75, 3.05) is 6.61 Å². The summed E-state index contributed by atoms with van der Waals surface area (Å²) in [5.41, 5.74) is 1.05. The Kier molecular flexibility index (Phi) is 4.69. The molecule has 0 aliphatic carbocycles. The van der Waals surface area contributed by atoms with Gasteiger partial charge in [0, 0.05) is 19.2 Å². The van der Waals surface area contributed by atoms with E-state index in [9.17, 15) is 14.0 Å². The lowest BCUT2D eigenvalue weighted by atomic mass is 10.1. The van der Waals surface area contributed by atoms with Crippen LogP contribution in [0.5, 0.6) is 0 Å². The summed E-state index contributed by atoms with van der Waals surface area (Å²) in [5.74, 6) is -0.728. The number of ether oxygens (including phenoxy) is 1. The summed E-state index contributed by atoms with van der Waals surface area (Å²) >= 11 is 0. The van der Waals surface area contributed by atoms with Crippen LogP contribution in [0.15, 0.2) is 53.5 Å². The molecule has 0 amide bonds. The number of hydrogen-bond acceptors (Lipinski definition) is 4. The third-order valence-corrected chi connectivity index (χ3v) is 3.53. The van der Waals surface area contributed by atoms with Crippen molar-refractivity contribution < 1.29 is 13.9 Å². The molecule has 0 radical (unpaired) electrons. The summed E-state index contributed by atoms with van der Waals surface area (Å²) in [7, 11) is 0. The Labute approximate surface area is 137 Å². The lowest BCUT2D eigenvalue weighted by Gasteiger charge is -2.05. The Balaban J connectivity index is 1.47. The summed E-state index contributed by atoms with van der Waals surface area (Å²) in [6.45, 7) is 0.560. The van der Waals surface area contributed by atoms with E-state index < -0.39 is 0 Å². The maximum Gasteiger partial charge on any atom is 0.350 e. The molecule has 0 bridgehead atoms. The van der Waals surface area contributed by atoms with Gasteiger partial charge in [-0.15, -0.1) is 5.10 Å². The van der Waals surface area contributed by atoms with E-state index in [1.807, 2.05) is 6.07 Å². The number of fused-ring (bicyclic) bond motifs is 1. The Morgan fingerprint density at radius 1 is 1.17 bits per heavy atom. The van der Waals surface area contributed by atoms with E-state index in [0.29, 0.717) is 24.2 Å². The number of hydrogen-bond donors (Lipinski definition) is 0. The van der Waals surface area contributed by atoms with Crippen LogP contribution >= 0.6 is 0 Å². The van der Waals surface area contributed by atoms with Gasteiger partial charge >= 0.3 is 11.7 Å². The molecule has 1 aromatic carbocycles. The van der Waals surface area contributed by atoms with Crippen LogP contribution in [0.1, 0.15) is 12.0 Å². The largest absolute Gasteiger partial charge is 0.465 e. The van der Waals surface area contributed by atoms with E-state index in [-0.39, 0.29) is 30.5 Å². The highest BCUT2D eigenvalue weighted by molar-refractivity contribution is 5.72. The summed E-state index contributed by atoms with van der Waals surface area (Å²) < 4.78 is 20.7. The molecule has 0 atom stereocenters. The molecule has 24 heavy (non-hydrogen) atoms. The zero-order valence-corrected chi connectivity index (χ0v) is 12.9. The van der Waals surface area contributed by atoms with Crippen LogP contribution < -0.4 is 5.69 Å². The summed E-state index contributed by atoms with van der Waals surface area (Å²) in [6.07, 6.45) is 2.23. The topological polar surface area (TPSA) is 65.6 Å². The van der Waals surface area contributed by atoms with Gasteiger partial charge in [0.1, 0.15) is 5.82 Å². The zero-order valence-electron chi connectivity index (χ0n) is 12.9. The number of aryl methyl sites for hydroxylation is 1. The number of halogens is 1. The lowest BCUT2D eigenvalue weighted by molar-refractivity contribution is -0.143. The van der Waals surface area contributed by atoms with Crippen molar-refractivity contribution in [3.8, 4) is 0 Å². The van der Waals surface area contributed by atoms with Crippen molar-refractivity contribution in [1.82, 2.24) is 14.2 Å². The molecular weight excluding hydrogens is 313 g/mol. The molecule has 7 heteroatoms. The summed E-state index contributed by atoms with van der Waals surface area (Å²) in [5, 5.41) is 4.20. The van der Waals surface area contributed by atoms with Crippen LogP contribution in [0.25, 0.3) is 5.65 Å². The molecule has 0 N–H and O–H groups in total. The highest BCUT2D eigenvalue weighted by atomic mass is 19.1. The minimum Gasteiger partial charge on any atom is -0.465 e. The SMILES string of the molecule is O=C(Cc1ccc(F)cc1)OCCCn1nc2ccccn2c1=O. The van der Waals surface area contributed by atoms with Gasteiger partial charge in [-0.3, -0.25) is 9.20 Å². The highest BCUT2D eigenvalue weighted by Crippen LogP contribution is 2.04. The van der Waals surface area contributed by atoms with Crippen molar-refractivity contribution in [3.63, 3.8) is 0 Å². The molecule has 0 saturated carbocycles. The second-order valence-corrected chi connectivity index (χ2v) is 5.31. The molecule has 6 nitrogen and oxygen atoms in total. The lowest BCUT2D eigenvalue weighted by Crippen LogP contribution is -2.22. The Morgan fingerprint density at radius 3 is 2.71 bits per heavy atom. The first kappa shape index (κ1) is 15.9. The maximum absolute atomic E-state index is 12.8. The Hall–Kier alpha value is -2.96.